The van der Waals surface area contributed by atoms with Gasteiger partial charge in [-0.25, -0.2) is 0 Å². The molecule has 0 aliphatic heterocycles. The fraction of sp³-hybridized carbons (Fsp3) is 0.0625. The Bertz CT molecular complexity index is 781. The highest BCUT2D eigenvalue weighted by atomic mass is 16.5. The standard InChI is InChI=1S/C16H14N4O/c1-21-14-7-4-5-12(9-14)10-17-19-16-15-8-3-2-6-13(15)11-18-20-16/h2-11H,1H3,(H,19,20). The van der Waals surface area contributed by atoms with E-state index in [1.807, 2.05) is 48.5 Å². The topological polar surface area (TPSA) is 59.4 Å². The van der Waals surface area contributed by atoms with E-state index in [1.165, 1.54) is 0 Å². The Morgan fingerprint density at radius 2 is 2.05 bits per heavy atom. The number of hydrogen-bond donors (Lipinski definition) is 1. The van der Waals surface area contributed by atoms with Crippen LogP contribution in [0.3, 0.4) is 0 Å². The van der Waals surface area contributed by atoms with Crippen molar-refractivity contribution in [2.24, 2.45) is 5.10 Å². The molecule has 0 saturated heterocycles. The van der Waals surface area contributed by atoms with Crippen molar-refractivity contribution in [1.82, 2.24) is 10.2 Å². The highest BCUT2D eigenvalue weighted by Crippen LogP contribution is 2.19. The summed E-state index contributed by atoms with van der Waals surface area (Å²) in [6.45, 7) is 0. The number of hydrazone groups is 1. The lowest BCUT2D eigenvalue weighted by Gasteiger charge is -2.03. The van der Waals surface area contributed by atoms with Crippen LogP contribution in [0.4, 0.5) is 5.82 Å². The van der Waals surface area contributed by atoms with Gasteiger partial charge in [0.05, 0.1) is 19.5 Å². The zero-order valence-electron chi connectivity index (χ0n) is 11.5. The van der Waals surface area contributed by atoms with Crippen molar-refractivity contribution in [2.75, 3.05) is 12.5 Å². The molecule has 1 heterocycles. The van der Waals surface area contributed by atoms with Crippen molar-refractivity contribution in [3.63, 3.8) is 0 Å². The Balaban J connectivity index is 1.81. The third-order valence-electron chi connectivity index (χ3n) is 3.05. The summed E-state index contributed by atoms with van der Waals surface area (Å²) < 4.78 is 5.17. The van der Waals surface area contributed by atoms with Gasteiger partial charge in [0.2, 0.25) is 0 Å². The summed E-state index contributed by atoms with van der Waals surface area (Å²) in [7, 11) is 1.64. The number of nitrogens with zero attached hydrogens (tertiary/aromatic N) is 3. The molecule has 5 nitrogen and oxygen atoms in total. The first-order chi connectivity index (χ1) is 10.4. The van der Waals surface area contributed by atoms with Crippen LogP contribution in [-0.2, 0) is 0 Å². The lowest BCUT2D eigenvalue weighted by molar-refractivity contribution is 0.415. The highest BCUT2D eigenvalue weighted by molar-refractivity contribution is 5.91. The summed E-state index contributed by atoms with van der Waals surface area (Å²) >= 11 is 0. The summed E-state index contributed by atoms with van der Waals surface area (Å²) in [6.07, 6.45) is 3.44. The van der Waals surface area contributed by atoms with Crippen LogP contribution in [0.1, 0.15) is 5.56 Å². The molecule has 0 aliphatic carbocycles. The maximum Gasteiger partial charge on any atom is 0.176 e. The molecule has 0 aliphatic rings. The zero-order valence-corrected chi connectivity index (χ0v) is 11.5. The van der Waals surface area contributed by atoms with E-state index in [4.69, 9.17) is 4.74 Å². The van der Waals surface area contributed by atoms with Gasteiger partial charge in [0.15, 0.2) is 5.82 Å². The van der Waals surface area contributed by atoms with E-state index >= 15 is 0 Å². The molecule has 0 atom stereocenters. The number of hydrogen-bond acceptors (Lipinski definition) is 5. The first-order valence-electron chi connectivity index (χ1n) is 6.50. The summed E-state index contributed by atoms with van der Waals surface area (Å²) in [5.74, 6) is 1.43. The minimum atomic E-state index is 0.632. The van der Waals surface area contributed by atoms with Gasteiger partial charge in [0.25, 0.3) is 0 Å². The average molecular weight is 278 g/mol. The molecule has 1 N–H and O–H groups in total. The van der Waals surface area contributed by atoms with Crippen LogP contribution >= 0.6 is 0 Å². The van der Waals surface area contributed by atoms with E-state index in [9.17, 15) is 0 Å². The molecule has 1 aromatic heterocycles. The van der Waals surface area contributed by atoms with Gasteiger partial charge in [0.1, 0.15) is 5.75 Å². The molecule has 21 heavy (non-hydrogen) atoms. The average Bonchev–Trinajstić information content (AvgIpc) is 2.55. The Kier molecular flexibility index (Phi) is 3.73. The van der Waals surface area contributed by atoms with E-state index in [2.05, 4.69) is 20.7 Å². The zero-order chi connectivity index (χ0) is 14.5. The quantitative estimate of drug-likeness (QED) is 0.588. The van der Waals surface area contributed by atoms with Crippen LogP contribution in [0, 0.1) is 0 Å². The monoisotopic (exact) mass is 278 g/mol. The number of nitrogens with one attached hydrogen (secondary N) is 1. The largest absolute Gasteiger partial charge is 0.497 e. The van der Waals surface area contributed by atoms with Gasteiger partial charge in [-0.15, -0.1) is 5.10 Å². The van der Waals surface area contributed by atoms with Crippen molar-refractivity contribution in [3.05, 3.63) is 60.3 Å². The minimum Gasteiger partial charge on any atom is -0.497 e. The number of anilines is 1. The smallest absolute Gasteiger partial charge is 0.176 e. The second-order valence-electron chi connectivity index (χ2n) is 4.43. The van der Waals surface area contributed by atoms with Gasteiger partial charge in [-0.05, 0) is 17.7 Å². The molecule has 0 spiro atoms. The maximum absolute atomic E-state index is 5.17. The van der Waals surface area contributed by atoms with Gasteiger partial charge in [-0.1, -0.05) is 36.4 Å². The molecule has 0 radical (unpaired) electrons. The third kappa shape index (κ3) is 2.97. The second-order valence-corrected chi connectivity index (χ2v) is 4.43. The summed E-state index contributed by atoms with van der Waals surface area (Å²) in [5, 5.41) is 14.2. The van der Waals surface area contributed by atoms with E-state index < -0.39 is 0 Å². The molecule has 0 amide bonds. The Hall–Kier alpha value is -2.95. The van der Waals surface area contributed by atoms with Crippen molar-refractivity contribution >= 4 is 22.8 Å². The number of rotatable bonds is 4. The fourth-order valence-corrected chi connectivity index (χ4v) is 2.00. The first-order valence-corrected chi connectivity index (χ1v) is 6.50. The molecule has 104 valence electrons. The molecule has 2 aromatic carbocycles. The molecule has 0 unspecified atom stereocenters. The van der Waals surface area contributed by atoms with Crippen LogP contribution < -0.4 is 10.2 Å². The van der Waals surface area contributed by atoms with Crippen LogP contribution in [-0.4, -0.2) is 23.5 Å². The van der Waals surface area contributed by atoms with Crippen LogP contribution in [0.15, 0.2) is 59.8 Å². The molecule has 5 heteroatoms. The number of fused-ring (bicyclic) bond motifs is 1. The molecular formula is C16H14N4O. The van der Waals surface area contributed by atoms with E-state index in [0.29, 0.717) is 5.82 Å². The number of ether oxygens (including phenoxy) is 1. The number of methoxy groups -OCH3 is 1. The number of aromatic nitrogens is 2. The van der Waals surface area contributed by atoms with Gasteiger partial charge < -0.3 is 4.74 Å². The Morgan fingerprint density at radius 3 is 2.95 bits per heavy atom. The van der Waals surface area contributed by atoms with Crippen LogP contribution in [0.25, 0.3) is 10.8 Å². The molecule has 0 saturated carbocycles. The Morgan fingerprint density at radius 1 is 1.14 bits per heavy atom. The Labute approximate surface area is 122 Å². The minimum absolute atomic E-state index is 0.632. The lowest BCUT2D eigenvalue weighted by atomic mass is 10.2. The second kappa shape index (κ2) is 6.00. The highest BCUT2D eigenvalue weighted by Gasteiger charge is 2.00. The maximum atomic E-state index is 5.17. The van der Waals surface area contributed by atoms with E-state index in [1.54, 1.807) is 19.5 Å². The van der Waals surface area contributed by atoms with E-state index in [0.717, 1.165) is 22.1 Å². The summed E-state index contributed by atoms with van der Waals surface area (Å²) in [6, 6.07) is 15.5. The van der Waals surface area contributed by atoms with Crippen LogP contribution in [0.2, 0.25) is 0 Å². The first kappa shape index (κ1) is 13.1. The lowest BCUT2D eigenvalue weighted by Crippen LogP contribution is -1.96. The van der Waals surface area contributed by atoms with Gasteiger partial charge in [-0.3, -0.25) is 5.43 Å². The van der Waals surface area contributed by atoms with Gasteiger partial charge in [0, 0.05) is 10.8 Å². The van der Waals surface area contributed by atoms with Crippen molar-refractivity contribution in [2.45, 2.75) is 0 Å². The predicted molar refractivity (Wildman–Crippen MR) is 83.7 cm³/mol. The fourth-order valence-electron chi connectivity index (χ4n) is 2.00. The molecule has 0 bridgehead atoms. The molecule has 3 aromatic rings. The third-order valence-corrected chi connectivity index (χ3v) is 3.05. The molecular weight excluding hydrogens is 264 g/mol. The summed E-state index contributed by atoms with van der Waals surface area (Å²) in [4.78, 5) is 0. The summed E-state index contributed by atoms with van der Waals surface area (Å²) in [5.41, 5.74) is 3.87. The SMILES string of the molecule is COc1cccc(C=NNc2nncc3ccccc23)c1. The van der Waals surface area contributed by atoms with Gasteiger partial charge in [-0.2, -0.15) is 10.2 Å². The van der Waals surface area contributed by atoms with Crippen LogP contribution in [0.5, 0.6) is 5.75 Å². The van der Waals surface area contributed by atoms with Crippen molar-refractivity contribution in [1.29, 1.82) is 0 Å². The normalized spacial score (nSPS) is 10.9. The number of benzene rings is 2. The van der Waals surface area contributed by atoms with Crippen molar-refractivity contribution < 1.29 is 4.74 Å². The molecule has 0 fully saturated rings. The van der Waals surface area contributed by atoms with Crippen molar-refractivity contribution in [3.8, 4) is 5.75 Å². The van der Waals surface area contributed by atoms with E-state index in [-0.39, 0.29) is 0 Å². The predicted octanol–water partition coefficient (Wildman–Crippen LogP) is 3.08. The molecule has 3 rings (SSSR count). The van der Waals surface area contributed by atoms with Gasteiger partial charge >= 0.3 is 0 Å².